The quantitative estimate of drug-likeness (QED) is 0.156. The largest absolute Gasteiger partial charge is 0.357 e. The van der Waals surface area contributed by atoms with Crippen molar-refractivity contribution in [2.45, 2.75) is 54.0 Å². The van der Waals surface area contributed by atoms with E-state index < -0.39 is 0 Å². The molecular weight excluding hydrogens is 866 g/mol. The van der Waals surface area contributed by atoms with Crippen molar-refractivity contribution in [2.75, 3.05) is 4.90 Å². The number of hydrogen-bond donors (Lipinski definition) is 0. The van der Waals surface area contributed by atoms with Gasteiger partial charge < -0.3 is 9.47 Å². The van der Waals surface area contributed by atoms with Gasteiger partial charge in [0.2, 0.25) is 0 Å². The second kappa shape index (κ2) is 14.4. The van der Waals surface area contributed by atoms with Crippen molar-refractivity contribution >= 4 is 49.9 Å². The van der Waals surface area contributed by atoms with Gasteiger partial charge in [0.1, 0.15) is 5.82 Å². The maximum atomic E-state index is 4.99. The first-order valence-corrected chi connectivity index (χ1v) is 19.0. The number of nitrogens with zero attached hydrogens (tertiary/aromatic N) is 5. The zero-order chi connectivity index (χ0) is 38.0. The summed E-state index contributed by atoms with van der Waals surface area (Å²) in [4.78, 5) is 7.31. The van der Waals surface area contributed by atoms with Gasteiger partial charge in [-0.25, -0.2) is 14.1 Å². The van der Waals surface area contributed by atoms with E-state index in [1.54, 1.807) is 0 Å². The number of imidazole rings is 1. The van der Waals surface area contributed by atoms with E-state index in [1.807, 2.05) is 6.20 Å². The molecule has 9 aromatic rings. The van der Waals surface area contributed by atoms with Crippen LogP contribution in [0.15, 0.2) is 140 Å². The average Bonchev–Trinajstić information content (AvgIpc) is 3.73. The summed E-state index contributed by atoms with van der Waals surface area (Å²) in [6.07, 6.45) is 4.14. The molecule has 0 aliphatic rings. The summed E-state index contributed by atoms with van der Waals surface area (Å²) >= 11 is 0. The molecule has 6 heteroatoms. The molecule has 0 aliphatic heterocycles. The van der Waals surface area contributed by atoms with Crippen molar-refractivity contribution < 1.29 is 21.1 Å². The van der Waals surface area contributed by atoms with Gasteiger partial charge in [0.05, 0.1) is 5.54 Å². The van der Waals surface area contributed by atoms with E-state index in [0.717, 1.165) is 56.1 Å². The van der Waals surface area contributed by atoms with Crippen LogP contribution in [0.1, 0.15) is 43.0 Å². The molecule has 0 bridgehead atoms. The van der Waals surface area contributed by atoms with Crippen LogP contribution in [-0.2, 0) is 26.6 Å². The zero-order valence-corrected chi connectivity index (χ0v) is 35.1. The van der Waals surface area contributed by atoms with Gasteiger partial charge in [-0.2, -0.15) is 12.1 Å². The van der Waals surface area contributed by atoms with Crippen LogP contribution < -0.4 is 4.90 Å². The van der Waals surface area contributed by atoms with Crippen LogP contribution in [0.3, 0.4) is 0 Å². The molecule has 0 atom stereocenters. The molecule has 3 aromatic heterocycles. The van der Waals surface area contributed by atoms with Crippen molar-refractivity contribution in [1.29, 1.82) is 0 Å². The van der Waals surface area contributed by atoms with Gasteiger partial charge in [0.15, 0.2) is 17.4 Å². The van der Waals surface area contributed by atoms with Crippen LogP contribution in [0, 0.1) is 39.8 Å². The summed E-state index contributed by atoms with van der Waals surface area (Å²) in [6, 6.07) is 53.2. The zero-order valence-electron chi connectivity index (χ0n) is 32.8. The van der Waals surface area contributed by atoms with Crippen LogP contribution in [0.25, 0.3) is 55.5 Å². The summed E-state index contributed by atoms with van der Waals surface area (Å²) < 4.78 is 6.87. The predicted octanol–water partition coefficient (Wildman–Crippen LogP) is 12.9. The van der Waals surface area contributed by atoms with Crippen molar-refractivity contribution in [2.24, 2.45) is 0 Å². The summed E-state index contributed by atoms with van der Waals surface area (Å²) in [5.41, 5.74) is 15.5. The van der Waals surface area contributed by atoms with Crippen molar-refractivity contribution in [3.8, 4) is 22.6 Å². The van der Waals surface area contributed by atoms with Gasteiger partial charge in [-0.3, -0.25) is 0 Å². The smallest absolute Gasteiger partial charge is 0.188 e. The van der Waals surface area contributed by atoms with E-state index in [4.69, 9.17) is 4.98 Å². The Bertz CT molecular complexity index is 2890. The van der Waals surface area contributed by atoms with Crippen LogP contribution in [0.5, 0.6) is 0 Å². The van der Waals surface area contributed by atoms with Gasteiger partial charge in [-0.05, 0) is 118 Å². The first-order valence-electron chi connectivity index (χ1n) is 19.0. The molecule has 9 rings (SSSR count). The molecular formula is C50H44N5Pt-. The minimum Gasteiger partial charge on any atom is -0.357 e. The SMILES string of the molecule is Cc1cccc(C)c1-c1ccnc(-n2c3[c-]c(N(c4[c-]c(-n5[cH+]n(C(C)(C)C)c6ccccc65)ccc4)c4c(C)cccc4C)ccc3c3ccccc32)c1.[Pt]. The summed E-state index contributed by atoms with van der Waals surface area (Å²) in [7, 11) is 0. The van der Waals surface area contributed by atoms with Crippen LogP contribution in [0.4, 0.5) is 17.1 Å². The monoisotopic (exact) mass is 909 g/mol. The molecule has 0 saturated carbocycles. The molecule has 0 saturated heterocycles. The van der Waals surface area contributed by atoms with Crippen LogP contribution >= 0.6 is 0 Å². The normalized spacial score (nSPS) is 11.7. The first kappa shape index (κ1) is 37.2. The van der Waals surface area contributed by atoms with Crippen molar-refractivity contribution in [1.82, 2.24) is 18.7 Å². The molecule has 3 heterocycles. The molecule has 56 heavy (non-hydrogen) atoms. The predicted molar refractivity (Wildman–Crippen MR) is 230 cm³/mol. The van der Waals surface area contributed by atoms with E-state index in [0.29, 0.717) is 0 Å². The van der Waals surface area contributed by atoms with Gasteiger partial charge >= 0.3 is 0 Å². The van der Waals surface area contributed by atoms with E-state index >= 15 is 0 Å². The molecule has 0 unspecified atom stereocenters. The Morgan fingerprint density at radius 3 is 1.95 bits per heavy atom. The Kier molecular flexibility index (Phi) is 9.55. The maximum Gasteiger partial charge on any atom is 0.188 e. The van der Waals surface area contributed by atoms with Gasteiger partial charge in [0, 0.05) is 56.3 Å². The van der Waals surface area contributed by atoms with Gasteiger partial charge in [-0.1, -0.05) is 77.6 Å². The second-order valence-corrected chi connectivity index (χ2v) is 15.6. The molecule has 0 aliphatic carbocycles. The number of rotatable bonds is 6. The number of fused-ring (bicyclic) bond motifs is 4. The standard InChI is InChI=1S/C50H44N5.Pt/c1-33-15-12-16-34(2)48(33)37-27-28-51-47(29-37)55-43-22-9-8-21-41(43)42-26-25-40(31-46(42)55)54(49-35(3)17-13-18-36(49)4)39-20-14-19-38(30-39)52-32-53(50(5,6)7)45-24-11-10-23-44(45)52;/h8-29,32H,1-7H3;/q-1;. The second-order valence-electron chi connectivity index (χ2n) is 15.6. The van der Waals surface area contributed by atoms with Crippen LogP contribution in [-0.4, -0.2) is 18.7 Å². The fourth-order valence-electron chi connectivity index (χ4n) is 8.30. The number of aromatic nitrogens is 4. The number of para-hydroxylation sites is 4. The molecule has 280 valence electrons. The molecule has 6 aromatic carbocycles. The minimum absolute atomic E-state index is 0. The van der Waals surface area contributed by atoms with E-state index in [2.05, 4.69) is 213 Å². The van der Waals surface area contributed by atoms with Crippen molar-refractivity contribution in [3.63, 3.8) is 0 Å². The first-order chi connectivity index (χ1) is 26.6. The van der Waals surface area contributed by atoms with E-state index in [1.165, 1.54) is 38.7 Å². The maximum absolute atomic E-state index is 4.99. The molecule has 0 spiro atoms. The molecule has 0 N–H and O–H groups in total. The van der Waals surface area contributed by atoms with E-state index in [9.17, 15) is 0 Å². The van der Waals surface area contributed by atoms with Gasteiger partial charge in [-0.15, -0.1) is 29.7 Å². The fraction of sp³-hybridized carbons (Fsp3) is 0.160. The van der Waals surface area contributed by atoms with Gasteiger partial charge in [0.25, 0.3) is 0 Å². The third-order valence-corrected chi connectivity index (χ3v) is 10.8. The summed E-state index contributed by atoms with van der Waals surface area (Å²) in [5.74, 6) is 0.860. The minimum atomic E-state index is -0.0945. The van der Waals surface area contributed by atoms with E-state index in [-0.39, 0.29) is 26.6 Å². The summed E-state index contributed by atoms with van der Waals surface area (Å²) in [6.45, 7) is 15.5. The number of aryl methyl sites for hydroxylation is 4. The average molecular weight is 910 g/mol. The number of hydrogen-bond acceptors (Lipinski definition) is 2. The van der Waals surface area contributed by atoms with Crippen LogP contribution in [0.2, 0.25) is 0 Å². The molecule has 0 amide bonds. The summed E-state index contributed by atoms with van der Waals surface area (Å²) in [5, 5.41) is 2.29. The Balaban J connectivity index is 0.00000441. The third-order valence-electron chi connectivity index (χ3n) is 10.8. The number of pyridine rings is 1. The Morgan fingerprint density at radius 1 is 0.607 bits per heavy atom. The molecule has 5 nitrogen and oxygen atoms in total. The van der Waals surface area contributed by atoms with Crippen molar-refractivity contribution in [3.05, 3.63) is 174 Å². The Labute approximate surface area is 343 Å². The molecule has 0 radical (unpaired) electrons. The fourth-order valence-corrected chi connectivity index (χ4v) is 8.30. The Morgan fingerprint density at radius 2 is 1.23 bits per heavy atom. The number of anilines is 3. The number of benzene rings is 6. The molecule has 0 fully saturated rings. The third kappa shape index (κ3) is 6.25. The topological polar surface area (TPSA) is 30.9 Å². The Hall–Kier alpha value is -5.77.